The number of anilines is 1. The molecule has 3 rings (SSSR count). The standard InChI is InChI=1S/C17H21F3N4O3/c1-11(12-9-21-10-12)16(25)23-6-4-22(5-7-23)14-3-2-13(17(18,19)20)8-15(14)24(26)27/h2-3,8,11-12,21H,4-7,9-10H2,1H3. The third-order valence-corrected chi connectivity index (χ3v) is 5.34. The number of nitro benzene ring substituents is 1. The van der Waals surface area contributed by atoms with Gasteiger partial charge in [-0.15, -0.1) is 0 Å². The van der Waals surface area contributed by atoms with Crippen molar-refractivity contribution < 1.29 is 22.9 Å². The van der Waals surface area contributed by atoms with Crippen molar-refractivity contribution in [2.75, 3.05) is 44.2 Å². The number of alkyl halides is 3. The molecule has 1 N–H and O–H groups in total. The topological polar surface area (TPSA) is 78.7 Å². The number of nitrogens with one attached hydrogen (secondary N) is 1. The second kappa shape index (κ2) is 7.34. The average molecular weight is 386 g/mol. The number of amides is 1. The van der Waals surface area contributed by atoms with Gasteiger partial charge in [-0.2, -0.15) is 13.2 Å². The van der Waals surface area contributed by atoms with Crippen LogP contribution in [0.15, 0.2) is 18.2 Å². The number of benzene rings is 1. The number of nitro groups is 1. The normalized spacial score (nSPS) is 19.6. The van der Waals surface area contributed by atoms with Crippen LogP contribution >= 0.6 is 0 Å². The molecule has 148 valence electrons. The number of carbonyl (C=O) groups is 1. The van der Waals surface area contributed by atoms with Crippen LogP contribution in [0, 0.1) is 22.0 Å². The zero-order valence-electron chi connectivity index (χ0n) is 14.8. The van der Waals surface area contributed by atoms with Gasteiger partial charge in [0, 0.05) is 38.2 Å². The van der Waals surface area contributed by atoms with Crippen LogP contribution in [-0.4, -0.2) is 55.0 Å². The molecule has 2 heterocycles. The second-order valence-electron chi connectivity index (χ2n) is 6.98. The highest BCUT2D eigenvalue weighted by atomic mass is 19.4. The number of hydrogen-bond acceptors (Lipinski definition) is 5. The maximum atomic E-state index is 12.8. The van der Waals surface area contributed by atoms with Gasteiger partial charge in [0.05, 0.1) is 10.5 Å². The van der Waals surface area contributed by atoms with Crippen LogP contribution in [0.4, 0.5) is 24.5 Å². The molecule has 0 aliphatic carbocycles. The van der Waals surface area contributed by atoms with Crippen LogP contribution in [0.3, 0.4) is 0 Å². The molecule has 0 aromatic heterocycles. The predicted molar refractivity (Wildman–Crippen MR) is 92.4 cm³/mol. The lowest BCUT2D eigenvalue weighted by Gasteiger charge is -2.39. The molecule has 7 nitrogen and oxygen atoms in total. The minimum Gasteiger partial charge on any atom is -0.362 e. The Kier molecular flexibility index (Phi) is 5.27. The van der Waals surface area contributed by atoms with Crippen molar-refractivity contribution in [2.45, 2.75) is 13.1 Å². The van der Waals surface area contributed by atoms with Crippen molar-refractivity contribution in [2.24, 2.45) is 11.8 Å². The van der Waals surface area contributed by atoms with Gasteiger partial charge in [-0.25, -0.2) is 0 Å². The molecule has 1 atom stereocenters. The molecule has 1 unspecified atom stereocenters. The van der Waals surface area contributed by atoms with E-state index in [1.807, 2.05) is 6.92 Å². The summed E-state index contributed by atoms with van der Waals surface area (Å²) in [5.74, 6) is 0.299. The molecule has 1 aromatic rings. The first-order valence-electron chi connectivity index (χ1n) is 8.78. The van der Waals surface area contributed by atoms with Gasteiger partial charge in [-0.3, -0.25) is 14.9 Å². The minimum atomic E-state index is -4.64. The molecule has 2 saturated heterocycles. The summed E-state index contributed by atoms with van der Waals surface area (Å²) in [5.41, 5.74) is -1.47. The zero-order chi connectivity index (χ0) is 19.8. The molecule has 2 aliphatic rings. The lowest BCUT2D eigenvalue weighted by molar-refractivity contribution is -0.384. The van der Waals surface area contributed by atoms with E-state index in [1.54, 1.807) is 9.80 Å². The predicted octanol–water partition coefficient (Wildman–Crippen LogP) is 2.12. The van der Waals surface area contributed by atoms with Crippen LogP contribution in [0.25, 0.3) is 0 Å². The smallest absolute Gasteiger partial charge is 0.362 e. The Morgan fingerprint density at radius 2 is 1.89 bits per heavy atom. The van der Waals surface area contributed by atoms with E-state index in [0.29, 0.717) is 38.2 Å². The fraction of sp³-hybridized carbons (Fsp3) is 0.588. The summed E-state index contributed by atoms with van der Waals surface area (Å²) in [4.78, 5) is 26.4. The molecule has 2 aliphatic heterocycles. The Morgan fingerprint density at radius 3 is 2.37 bits per heavy atom. The maximum absolute atomic E-state index is 12.8. The number of rotatable bonds is 4. The summed E-state index contributed by atoms with van der Waals surface area (Å²) >= 11 is 0. The summed E-state index contributed by atoms with van der Waals surface area (Å²) in [6, 6.07) is 2.56. The molecule has 0 bridgehead atoms. The van der Waals surface area contributed by atoms with Crippen molar-refractivity contribution in [3.63, 3.8) is 0 Å². The van der Waals surface area contributed by atoms with Crippen molar-refractivity contribution >= 4 is 17.3 Å². The maximum Gasteiger partial charge on any atom is 0.416 e. The van der Waals surface area contributed by atoms with Gasteiger partial charge in [0.15, 0.2) is 0 Å². The molecular weight excluding hydrogens is 365 g/mol. The van der Waals surface area contributed by atoms with E-state index < -0.39 is 22.4 Å². The van der Waals surface area contributed by atoms with E-state index in [2.05, 4.69) is 5.32 Å². The Morgan fingerprint density at radius 1 is 1.26 bits per heavy atom. The van der Waals surface area contributed by atoms with Crippen molar-refractivity contribution in [1.29, 1.82) is 0 Å². The number of piperazine rings is 1. The minimum absolute atomic E-state index is 0.0584. The van der Waals surface area contributed by atoms with Gasteiger partial charge in [0.2, 0.25) is 5.91 Å². The highest BCUT2D eigenvalue weighted by Crippen LogP contribution is 2.36. The third-order valence-electron chi connectivity index (χ3n) is 5.34. The summed E-state index contributed by atoms with van der Waals surface area (Å²) in [6.45, 7) is 5.01. The highest BCUT2D eigenvalue weighted by molar-refractivity contribution is 5.79. The van der Waals surface area contributed by atoms with Gasteiger partial charge in [0.1, 0.15) is 5.69 Å². The largest absolute Gasteiger partial charge is 0.416 e. The first-order valence-corrected chi connectivity index (χ1v) is 8.78. The zero-order valence-corrected chi connectivity index (χ0v) is 14.8. The summed E-state index contributed by atoms with van der Waals surface area (Å²) < 4.78 is 38.5. The highest BCUT2D eigenvalue weighted by Gasteiger charge is 2.36. The molecule has 2 fully saturated rings. The second-order valence-corrected chi connectivity index (χ2v) is 6.98. The number of carbonyl (C=O) groups excluding carboxylic acids is 1. The van der Waals surface area contributed by atoms with E-state index in [9.17, 15) is 28.1 Å². The van der Waals surface area contributed by atoms with Crippen LogP contribution in [-0.2, 0) is 11.0 Å². The van der Waals surface area contributed by atoms with Crippen molar-refractivity contribution in [3.8, 4) is 0 Å². The molecular formula is C17H21F3N4O3. The molecule has 10 heteroatoms. The Bertz CT molecular complexity index is 729. The van der Waals surface area contributed by atoms with Gasteiger partial charge in [0.25, 0.3) is 5.69 Å². The lowest BCUT2D eigenvalue weighted by atomic mass is 9.88. The van der Waals surface area contributed by atoms with Gasteiger partial charge < -0.3 is 15.1 Å². The Hall–Kier alpha value is -2.36. The SMILES string of the molecule is CC(C(=O)N1CCN(c2ccc(C(F)(F)F)cc2[N+](=O)[O-])CC1)C1CNC1. The molecule has 1 aromatic carbocycles. The third kappa shape index (κ3) is 4.00. The van der Waals surface area contributed by atoms with Gasteiger partial charge >= 0.3 is 6.18 Å². The Balaban J connectivity index is 1.70. The van der Waals surface area contributed by atoms with Gasteiger partial charge in [-0.1, -0.05) is 6.92 Å². The summed E-state index contributed by atoms with van der Waals surface area (Å²) in [7, 11) is 0. The average Bonchev–Trinajstić information content (AvgIpc) is 2.58. The fourth-order valence-corrected chi connectivity index (χ4v) is 3.44. The molecule has 0 radical (unpaired) electrons. The van der Waals surface area contributed by atoms with Crippen LogP contribution in [0.1, 0.15) is 12.5 Å². The monoisotopic (exact) mass is 386 g/mol. The molecule has 0 saturated carbocycles. The van der Waals surface area contributed by atoms with Crippen LogP contribution in [0.2, 0.25) is 0 Å². The van der Waals surface area contributed by atoms with E-state index >= 15 is 0 Å². The van der Waals surface area contributed by atoms with E-state index in [-0.39, 0.29) is 17.5 Å². The van der Waals surface area contributed by atoms with Crippen LogP contribution in [0.5, 0.6) is 0 Å². The summed E-state index contributed by atoms with van der Waals surface area (Å²) in [6.07, 6.45) is -4.64. The number of halogens is 3. The number of nitrogens with zero attached hydrogens (tertiary/aromatic N) is 3. The van der Waals surface area contributed by atoms with Crippen molar-refractivity contribution in [3.05, 3.63) is 33.9 Å². The lowest BCUT2D eigenvalue weighted by Crippen LogP contribution is -2.54. The first-order chi connectivity index (χ1) is 12.7. The first kappa shape index (κ1) is 19.4. The molecule has 27 heavy (non-hydrogen) atoms. The quantitative estimate of drug-likeness (QED) is 0.634. The molecule has 0 spiro atoms. The van der Waals surface area contributed by atoms with Crippen LogP contribution < -0.4 is 10.2 Å². The van der Waals surface area contributed by atoms with E-state index in [1.165, 1.54) is 0 Å². The fourth-order valence-electron chi connectivity index (χ4n) is 3.44. The van der Waals surface area contributed by atoms with E-state index in [4.69, 9.17) is 0 Å². The number of hydrogen-bond donors (Lipinski definition) is 1. The van der Waals surface area contributed by atoms with E-state index in [0.717, 1.165) is 25.2 Å². The summed E-state index contributed by atoms with van der Waals surface area (Å²) in [5, 5.41) is 14.4. The molecule has 1 amide bonds. The van der Waals surface area contributed by atoms with Gasteiger partial charge in [-0.05, 0) is 31.1 Å². The Labute approximate surface area is 154 Å². The van der Waals surface area contributed by atoms with Crippen molar-refractivity contribution in [1.82, 2.24) is 10.2 Å².